The van der Waals surface area contributed by atoms with Crippen LogP contribution in [0.25, 0.3) is 0 Å². The monoisotopic (exact) mass is 367 g/mol. The van der Waals surface area contributed by atoms with Gasteiger partial charge in [-0.05, 0) is 24.6 Å². The van der Waals surface area contributed by atoms with E-state index in [1.165, 1.54) is 0 Å². The second kappa shape index (κ2) is 6.62. The summed E-state index contributed by atoms with van der Waals surface area (Å²) in [6, 6.07) is 5.14. The Labute approximate surface area is 117 Å². The zero-order valence-electron chi connectivity index (χ0n) is 8.77. The topological polar surface area (TPSA) is 29.1 Å². The Morgan fingerprint density at radius 2 is 2.19 bits per heavy atom. The Morgan fingerprint density at radius 1 is 1.50 bits per heavy atom. The quantitative estimate of drug-likeness (QED) is 0.799. The predicted octanol–water partition coefficient (Wildman–Crippen LogP) is 4.01. The molecule has 0 radical (unpaired) electrons. The van der Waals surface area contributed by atoms with Crippen LogP contribution in [0, 0.1) is 0 Å². The lowest BCUT2D eigenvalue weighted by molar-refractivity contribution is 0.0954. The van der Waals surface area contributed by atoms with Crippen LogP contribution < -0.4 is 5.32 Å². The van der Waals surface area contributed by atoms with Crippen LogP contribution in [-0.2, 0) is 0 Å². The number of nitrogens with one attached hydrogen (secondary N) is 1. The van der Waals surface area contributed by atoms with Crippen LogP contribution in [0.1, 0.15) is 23.7 Å². The van der Waals surface area contributed by atoms with E-state index in [4.69, 9.17) is 11.6 Å². The number of halogens is 3. The molecule has 1 atom stereocenters. The highest BCUT2D eigenvalue weighted by Crippen LogP contribution is 2.19. The maximum absolute atomic E-state index is 11.8. The summed E-state index contributed by atoms with van der Waals surface area (Å²) in [4.78, 5) is 12.1. The number of carbonyl (C=O) groups is 1. The standard InChI is InChI=1S/C11H12Br2ClNO/c1-2-8(12)6-15-11(16)7-3-9(13)5-10(14)4-7/h3-5,8H,2,6H2,1H3,(H,15,16). The minimum Gasteiger partial charge on any atom is -0.351 e. The van der Waals surface area contributed by atoms with Gasteiger partial charge in [-0.3, -0.25) is 4.79 Å². The molecule has 1 N–H and O–H groups in total. The largest absolute Gasteiger partial charge is 0.351 e. The summed E-state index contributed by atoms with van der Waals surface area (Å²) >= 11 is 12.6. The molecule has 0 heterocycles. The molecule has 0 saturated carbocycles. The number of carbonyl (C=O) groups excluding carboxylic acids is 1. The van der Waals surface area contributed by atoms with Gasteiger partial charge >= 0.3 is 0 Å². The first-order valence-corrected chi connectivity index (χ1v) is 7.00. The van der Waals surface area contributed by atoms with E-state index < -0.39 is 0 Å². The summed E-state index contributed by atoms with van der Waals surface area (Å²) in [5.41, 5.74) is 0.565. The maximum Gasteiger partial charge on any atom is 0.251 e. The molecule has 0 fully saturated rings. The number of amides is 1. The molecule has 88 valence electrons. The number of alkyl halides is 1. The molecule has 0 saturated heterocycles. The van der Waals surface area contributed by atoms with Crippen molar-refractivity contribution in [3.05, 3.63) is 33.3 Å². The molecule has 1 unspecified atom stereocenters. The van der Waals surface area contributed by atoms with E-state index in [-0.39, 0.29) is 5.91 Å². The lowest BCUT2D eigenvalue weighted by atomic mass is 10.2. The lowest BCUT2D eigenvalue weighted by Gasteiger charge is -2.09. The normalized spacial score (nSPS) is 12.2. The molecule has 1 rings (SSSR count). The van der Waals surface area contributed by atoms with Gasteiger partial charge in [0.25, 0.3) is 5.91 Å². The third-order valence-electron chi connectivity index (χ3n) is 2.05. The zero-order chi connectivity index (χ0) is 12.1. The van der Waals surface area contributed by atoms with Crippen molar-refractivity contribution in [2.75, 3.05) is 6.54 Å². The predicted molar refractivity (Wildman–Crippen MR) is 74.5 cm³/mol. The van der Waals surface area contributed by atoms with Crippen molar-refractivity contribution in [2.24, 2.45) is 0 Å². The fourth-order valence-corrected chi connectivity index (χ4v) is 2.16. The van der Waals surface area contributed by atoms with Crippen molar-refractivity contribution >= 4 is 49.4 Å². The highest BCUT2D eigenvalue weighted by molar-refractivity contribution is 9.10. The van der Waals surface area contributed by atoms with Gasteiger partial charge in [0, 0.05) is 26.4 Å². The molecule has 0 spiro atoms. The van der Waals surface area contributed by atoms with Gasteiger partial charge in [0.2, 0.25) is 0 Å². The van der Waals surface area contributed by atoms with Crippen LogP contribution in [-0.4, -0.2) is 17.3 Å². The van der Waals surface area contributed by atoms with Crippen molar-refractivity contribution < 1.29 is 4.79 Å². The highest BCUT2D eigenvalue weighted by atomic mass is 79.9. The van der Waals surface area contributed by atoms with Crippen LogP contribution in [0.4, 0.5) is 0 Å². The summed E-state index contributed by atoms with van der Waals surface area (Å²) in [6.45, 7) is 2.67. The SMILES string of the molecule is CCC(Br)CNC(=O)c1cc(Cl)cc(Br)c1. The zero-order valence-corrected chi connectivity index (χ0v) is 12.7. The second-order valence-corrected chi connectivity index (χ2v) is 6.02. The molecule has 0 aliphatic rings. The Kier molecular flexibility index (Phi) is 5.79. The van der Waals surface area contributed by atoms with Crippen LogP contribution in [0.15, 0.2) is 22.7 Å². The van der Waals surface area contributed by atoms with E-state index in [0.717, 1.165) is 10.9 Å². The summed E-state index contributed by atoms with van der Waals surface area (Å²) < 4.78 is 0.802. The Balaban J connectivity index is 2.66. The second-order valence-electron chi connectivity index (χ2n) is 3.37. The molecule has 2 nitrogen and oxygen atoms in total. The third-order valence-corrected chi connectivity index (χ3v) is 3.70. The van der Waals surface area contributed by atoms with E-state index in [1.54, 1.807) is 18.2 Å². The average Bonchev–Trinajstić information content (AvgIpc) is 2.23. The fourth-order valence-electron chi connectivity index (χ4n) is 1.13. The first-order valence-electron chi connectivity index (χ1n) is 4.91. The van der Waals surface area contributed by atoms with Crippen LogP contribution in [0.5, 0.6) is 0 Å². The van der Waals surface area contributed by atoms with E-state index in [0.29, 0.717) is 22.0 Å². The number of benzene rings is 1. The molecule has 16 heavy (non-hydrogen) atoms. The average molecular weight is 369 g/mol. The van der Waals surface area contributed by atoms with E-state index in [1.807, 2.05) is 0 Å². The van der Waals surface area contributed by atoms with Gasteiger partial charge in [0.05, 0.1) is 0 Å². The van der Waals surface area contributed by atoms with Gasteiger partial charge in [0.15, 0.2) is 0 Å². The molecule has 0 aliphatic carbocycles. The number of hydrogen-bond donors (Lipinski definition) is 1. The fraction of sp³-hybridized carbons (Fsp3) is 0.364. The molecular formula is C11H12Br2ClNO. The van der Waals surface area contributed by atoms with Crippen molar-refractivity contribution in [3.63, 3.8) is 0 Å². The van der Waals surface area contributed by atoms with Gasteiger partial charge in [-0.25, -0.2) is 0 Å². The van der Waals surface area contributed by atoms with Gasteiger partial charge in [0.1, 0.15) is 0 Å². The summed E-state index contributed by atoms with van der Waals surface area (Å²) in [7, 11) is 0. The van der Waals surface area contributed by atoms with Crippen molar-refractivity contribution in [3.8, 4) is 0 Å². The first-order chi connectivity index (χ1) is 7.52. The van der Waals surface area contributed by atoms with Gasteiger partial charge in [-0.1, -0.05) is 50.4 Å². The number of hydrogen-bond acceptors (Lipinski definition) is 1. The highest BCUT2D eigenvalue weighted by Gasteiger charge is 2.09. The summed E-state index contributed by atoms with van der Waals surface area (Å²) in [5, 5.41) is 3.39. The van der Waals surface area contributed by atoms with Crippen LogP contribution >= 0.6 is 43.5 Å². The van der Waals surface area contributed by atoms with Crippen molar-refractivity contribution in [2.45, 2.75) is 18.2 Å². The molecule has 0 aromatic heterocycles. The molecular weight excluding hydrogens is 357 g/mol. The molecule has 0 aliphatic heterocycles. The smallest absolute Gasteiger partial charge is 0.251 e. The maximum atomic E-state index is 11.8. The van der Waals surface area contributed by atoms with Gasteiger partial charge in [-0.2, -0.15) is 0 Å². The van der Waals surface area contributed by atoms with E-state index in [9.17, 15) is 4.79 Å². The first kappa shape index (κ1) is 14.0. The molecule has 5 heteroatoms. The summed E-state index contributed by atoms with van der Waals surface area (Å²) in [5.74, 6) is -0.110. The van der Waals surface area contributed by atoms with Gasteiger partial charge in [-0.15, -0.1) is 0 Å². The van der Waals surface area contributed by atoms with E-state index in [2.05, 4.69) is 44.1 Å². The minimum atomic E-state index is -0.110. The van der Waals surface area contributed by atoms with Crippen LogP contribution in [0.3, 0.4) is 0 Å². The van der Waals surface area contributed by atoms with Gasteiger partial charge < -0.3 is 5.32 Å². The summed E-state index contributed by atoms with van der Waals surface area (Å²) in [6.07, 6.45) is 0.972. The Hall–Kier alpha value is -0.0600. The molecule has 1 aromatic carbocycles. The number of rotatable bonds is 4. The molecule has 1 amide bonds. The third kappa shape index (κ3) is 4.44. The van der Waals surface area contributed by atoms with Crippen molar-refractivity contribution in [1.29, 1.82) is 0 Å². The lowest BCUT2D eigenvalue weighted by Crippen LogP contribution is -2.29. The molecule has 1 aromatic rings. The Morgan fingerprint density at radius 3 is 2.75 bits per heavy atom. The van der Waals surface area contributed by atoms with Crippen LogP contribution in [0.2, 0.25) is 5.02 Å². The molecule has 0 bridgehead atoms. The van der Waals surface area contributed by atoms with E-state index >= 15 is 0 Å². The van der Waals surface area contributed by atoms with Crippen molar-refractivity contribution in [1.82, 2.24) is 5.32 Å². The Bertz CT molecular complexity index is 364. The minimum absolute atomic E-state index is 0.110.